The van der Waals surface area contributed by atoms with Crippen molar-refractivity contribution in [1.82, 2.24) is 20.9 Å². The SMILES string of the molecule is CCNC(=NCc1nc(C)c(C)s1)NC1CCCC(C(=O)NC(C)C)C1.I. The number of nitrogens with zero attached hydrogens (tertiary/aromatic N) is 2. The number of amides is 1. The Balaban J connectivity index is 0.00000364. The molecule has 1 aromatic rings. The van der Waals surface area contributed by atoms with Crippen LogP contribution in [0.4, 0.5) is 0 Å². The lowest BCUT2D eigenvalue weighted by atomic mass is 9.85. The Morgan fingerprint density at radius 3 is 2.67 bits per heavy atom. The van der Waals surface area contributed by atoms with Gasteiger partial charge in [-0.15, -0.1) is 35.3 Å². The number of nitrogens with one attached hydrogen (secondary N) is 3. The fourth-order valence-electron chi connectivity index (χ4n) is 3.23. The number of hydrogen-bond acceptors (Lipinski definition) is 4. The Hall–Kier alpha value is -0.900. The second-order valence-corrected chi connectivity index (χ2v) is 8.60. The molecule has 2 rings (SSSR count). The van der Waals surface area contributed by atoms with Gasteiger partial charge < -0.3 is 16.0 Å². The topological polar surface area (TPSA) is 78.4 Å². The summed E-state index contributed by atoms with van der Waals surface area (Å²) in [6, 6.07) is 0.476. The Kier molecular flexibility index (Phi) is 10.6. The molecule has 154 valence electrons. The maximum absolute atomic E-state index is 12.3. The van der Waals surface area contributed by atoms with Gasteiger partial charge in [0.15, 0.2) is 5.96 Å². The van der Waals surface area contributed by atoms with Crippen LogP contribution in [0.2, 0.25) is 0 Å². The summed E-state index contributed by atoms with van der Waals surface area (Å²) in [6.07, 6.45) is 3.98. The molecule has 1 saturated carbocycles. The zero-order valence-electron chi connectivity index (χ0n) is 17.1. The first-order valence-corrected chi connectivity index (χ1v) is 10.5. The van der Waals surface area contributed by atoms with Crippen LogP contribution in [-0.4, -0.2) is 35.5 Å². The largest absolute Gasteiger partial charge is 0.357 e. The zero-order valence-corrected chi connectivity index (χ0v) is 20.2. The van der Waals surface area contributed by atoms with Crippen LogP contribution in [0.15, 0.2) is 4.99 Å². The third-order valence-corrected chi connectivity index (χ3v) is 5.66. The van der Waals surface area contributed by atoms with Gasteiger partial charge in [0.25, 0.3) is 0 Å². The lowest BCUT2D eigenvalue weighted by molar-refractivity contribution is -0.126. The molecule has 0 spiro atoms. The molecule has 1 aliphatic carbocycles. The highest BCUT2D eigenvalue weighted by Crippen LogP contribution is 2.24. The van der Waals surface area contributed by atoms with Crippen molar-refractivity contribution in [3.05, 3.63) is 15.6 Å². The average Bonchev–Trinajstić information content (AvgIpc) is 2.91. The fourth-order valence-corrected chi connectivity index (χ4v) is 4.09. The van der Waals surface area contributed by atoms with Crippen LogP contribution in [0.3, 0.4) is 0 Å². The van der Waals surface area contributed by atoms with E-state index in [0.717, 1.165) is 48.9 Å². The van der Waals surface area contributed by atoms with E-state index in [1.165, 1.54) is 4.88 Å². The van der Waals surface area contributed by atoms with Gasteiger partial charge in [0.05, 0.1) is 12.2 Å². The summed E-state index contributed by atoms with van der Waals surface area (Å²) in [5, 5.41) is 10.9. The first-order valence-electron chi connectivity index (χ1n) is 9.67. The van der Waals surface area contributed by atoms with Gasteiger partial charge >= 0.3 is 0 Å². The van der Waals surface area contributed by atoms with Crippen LogP contribution in [-0.2, 0) is 11.3 Å². The van der Waals surface area contributed by atoms with Crippen LogP contribution in [0, 0.1) is 19.8 Å². The number of aromatic nitrogens is 1. The van der Waals surface area contributed by atoms with Crippen LogP contribution < -0.4 is 16.0 Å². The number of aliphatic imine (C=N–C) groups is 1. The number of guanidine groups is 1. The fraction of sp³-hybridized carbons (Fsp3) is 0.737. The van der Waals surface area contributed by atoms with Crippen molar-refractivity contribution in [2.75, 3.05) is 6.54 Å². The summed E-state index contributed by atoms with van der Waals surface area (Å²) in [4.78, 5) is 22.8. The second-order valence-electron chi connectivity index (χ2n) is 7.31. The normalized spacial score (nSPS) is 20.1. The number of hydrogen-bond donors (Lipinski definition) is 3. The molecule has 1 amide bonds. The third kappa shape index (κ3) is 7.93. The number of halogens is 1. The smallest absolute Gasteiger partial charge is 0.223 e. The van der Waals surface area contributed by atoms with Gasteiger partial charge in [-0.2, -0.15) is 0 Å². The summed E-state index contributed by atoms with van der Waals surface area (Å²) < 4.78 is 0. The Morgan fingerprint density at radius 2 is 2.07 bits per heavy atom. The monoisotopic (exact) mass is 507 g/mol. The second kappa shape index (κ2) is 11.8. The van der Waals surface area contributed by atoms with E-state index in [0.29, 0.717) is 6.54 Å². The molecule has 1 aliphatic rings. The van der Waals surface area contributed by atoms with Crippen LogP contribution in [0.5, 0.6) is 0 Å². The molecule has 6 nitrogen and oxygen atoms in total. The molecule has 0 bridgehead atoms. The Labute approximate surface area is 184 Å². The minimum Gasteiger partial charge on any atom is -0.357 e. The van der Waals surface area contributed by atoms with Crippen LogP contribution >= 0.6 is 35.3 Å². The number of aryl methyl sites for hydroxylation is 2. The van der Waals surface area contributed by atoms with Gasteiger partial charge in [-0.1, -0.05) is 6.42 Å². The Bertz CT molecular complexity index is 612. The molecule has 0 aliphatic heterocycles. The first-order chi connectivity index (χ1) is 12.4. The third-order valence-electron chi connectivity index (χ3n) is 4.61. The molecule has 1 fully saturated rings. The van der Waals surface area contributed by atoms with Gasteiger partial charge in [0.1, 0.15) is 5.01 Å². The van der Waals surface area contributed by atoms with Crippen LogP contribution in [0.25, 0.3) is 0 Å². The summed E-state index contributed by atoms with van der Waals surface area (Å²) in [5.41, 5.74) is 1.09. The van der Waals surface area contributed by atoms with Crippen molar-refractivity contribution in [3.63, 3.8) is 0 Å². The van der Waals surface area contributed by atoms with E-state index in [1.807, 2.05) is 20.8 Å². The quantitative estimate of drug-likeness (QED) is 0.313. The van der Waals surface area contributed by atoms with E-state index < -0.39 is 0 Å². The van der Waals surface area contributed by atoms with Gasteiger partial charge in [0, 0.05) is 29.4 Å². The van der Waals surface area contributed by atoms with Crippen molar-refractivity contribution < 1.29 is 4.79 Å². The standard InChI is InChI=1S/C19H33N5OS.HI/c1-6-20-19(21-11-17-23-13(4)14(5)26-17)24-16-9-7-8-15(10-16)18(25)22-12(2)3;/h12,15-16H,6-11H2,1-5H3,(H,22,25)(H2,20,21,24);1H. The molecule has 0 aromatic carbocycles. The number of thiazole rings is 1. The minimum absolute atomic E-state index is 0. The van der Waals surface area contributed by atoms with Gasteiger partial charge in [-0.05, 0) is 53.9 Å². The number of carbonyl (C=O) groups excluding carboxylic acids is 1. The van der Waals surface area contributed by atoms with Crippen LogP contribution in [0.1, 0.15) is 62.0 Å². The zero-order chi connectivity index (χ0) is 19.1. The predicted molar refractivity (Wildman–Crippen MR) is 124 cm³/mol. The molecule has 1 heterocycles. The van der Waals surface area contributed by atoms with E-state index in [1.54, 1.807) is 11.3 Å². The summed E-state index contributed by atoms with van der Waals surface area (Å²) >= 11 is 1.70. The summed E-state index contributed by atoms with van der Waals surface area (Å²) in [7, 11) is 0. The average molecular weight is 507 g/mol. The van der Waals surface area contributed by atoms with E-state index in [9.17, 15) is 4.79 Å². The highest BCUT2D eigenvalue weighted by Gasteiger charge is 2.28. The lowest BCUT2D eigenvalue weighted by Crippen LogP contribution is -2.47. The highest BCUT2D eigenvalue weighted by molar-refractivity contribution is 14.0. The molecule has 8 heteroatoms. The van der Waals surface area contributed by atoms with Crippen molar-refractivity contribution in [2.45, 2.75) is 78.9 Å². The molecule has 0 radical (unpaired) electrons. The summed E-state index contributed by atoms with van der Waals surface area (Å²) in [6.45, 7) is 11.6. The highest BCUT2D eigenvalue weighted by atomic mass is 127. The predicted octanol–water partition coefficient (Wildman–Crippen LogP) is 3.52. The molecule has 2 unspecified atom stereocenters. The van der Waals surface area contributed by atoms with Crippen molar-refractivity contribution in [2.24, 2.45) is 10.9 Å². The maximum atomic E-state index is 12.3. The molecule has 1 aromatic heterocycles. The molecular formula is C19H34IN5OS. The van der Waals surface area contributed by atoms with E-state index in [4.69, 9.17) is 4.99 Å². The van der Waals surface area contributed by atoms with E-state index in [2.05, 4.69) is 34.8 Å². The molecule has 27 heavy (non-hydrogen) atoms. The van der Waals surface area contributed by atoms with Crippen molar-refractivity contribution in [3.8, 4) is 0 Å². The van der Waals surface area contributed by atoms with Crippen molar-refractivity contribution in [1.29, 1.82) is 0 Å². The molecular weight excluding hydrogens is 473 g/mol. The van der Waals surface area contributed by atoms with Gasteiger partial charge in [-0.3, -0.25) is 4.79 Å². The lowest BCUT2D eigenvalue weighted by Gasteiger charge is -2.30. The first kappa shape index (κ1) is 24.1. The van der Waals surface area contributed by atoms with Gasteiger partial charge in [0.2, 0.25) is 5.91 Å². The van der Waals surface area contributed by atoms with Gasteiger partial charge in [-0.25, -0.2) is 9.98 Å². The number of rotatable bonds is 6. The molecule has 0 saturated heterocycles. The molecule has 3 N–H and O–H groups in total. The molecule has 2 atom stereocenters. The number of carbonyl (C=O) groups is 1. The van der Waals surface area contributed by atoms with E-state index >= 15 is 0 Å². The summed E-state index contributed by atoms with van der Waals surface area (Å²) in [5.74, 6) is 1.09. The van der Waals surface area contributed by atoms with Crippen molar-refractivity contribution >= 4 is 47.2 Å². The maximum Gasteiger partial charge on any atom is 0.223 e. The minimum atomic E-state index is 0. The Morgan fingerprint density at radius 1 is 1.33 bits per heavy atom. The van der Waals surface area contributed by atoms with E-state index in [-0.39, 0.29) is 47.9 Å².